The highest BCUT2D eigenvalue weighted by Crippen LogP contribution is 2.55. The van der Waals surface area contributed by atoms with E-state index in [2.05, 4.69) is 91.5 Å². The van der Waals surface area contributed by atoms with Crippen molar-refractivity contribution < 1.29 is 9.53 Å². The Kier molecular flexibility index (Phi) is 15.4. The number of fused-ring (bicyclic) bond motifs is 1. The van der Waals surface area contributed by atoms with E-state index in [0.29, 0.717) is 11.8 Å². The molecule has 7 nitrogen and oxygen atoms in total. The van der Waals surface area contributed by atoms with Gasteiger partial charge >= 0.3 is 0 Å². The molecule has 4 aromatic rings. The van der Waals surface area contributed by atoms with E-state index in [0.717, 1.165) is 73.4 Å². The van der Waals surface area contributed by atoms with Gasteiger partial charge in [-0.25, -0.2) is 9.97 Å². The molecule has 1 aliphatic carbocycles. The standard InChI is InChI=1S/C46H67N5O2S/c1-9-12-13-14-15-16-19-33(11-3)40-25-34(22-24-46(40,23-10-2)45(52)48-7)38-27-39-41(28-42(38)53-8)50-32(5)51-44(39)49-31(4)43-26-36(30-54-43)37-21-18-17-20-35(37)29-47-6/h17-18,20-21,26-28,30-31,33-34,40,47H,9-16,19,22-25,29H2,1-8H3,(H,48,52)(H,49,50,51)/t31-,33?,34?,40?,46?/m1/s1. The van der Waals surface area contributed by atoms with E-state index >= 15 is 0 Å². The molecule has 54 heavy (non-hydrogen) atoms. The summed E-state index contributed by atoms with van der Waals surface area (Å²) in [7, 11) is 5.61. The molecule has 8 heteroatoms. The molecule has 0 radical (unpaired) electrons. The Labute approximate surface area is 329 Å². The summed E-state index contributed by atoms with van der Waals surface area (Å²) in [4.78, 5) is 25.1. The molecular formula is C46H67N5O2S. The molecular weight excluding hydrogens is 687 g/mol. The summed E-state index contributed by atoms with van der Waals surface area (Å²) in [6.45, 7) is 11.9. The highest BCUT2D eigenvalue weighted by atomic mass is 32.1. The quantitative estimate of drug-likeness (QED) is 0.0779. The Hall–Kier alpha value is -3.49. The van der Waals surface area contributed by atoms with Crippen LogP contribution >= 0.6 is 11.3 Å². The van der Waals surface area contributed by atoms with Gasteiger partial charge in [0.15, 0.2) is 0 Å². The van der Waals surface area contributed by atoms with Crippen molar-refractivity contribution in [3.8, 4) is 16.9 Å². The summed E-state index contributed by atoms with van der Waals surface area (Å²) >= 11 is 1.78. The van der Waals surface area contributed by atoms with Gasteiger partial charge < -0.3 is 20.7 Å². The van der Waals surface area contributed by atoms with Gasteiger partial charge in [0, 0.05) is 29.9 Å². The van der Waals surface area contributed by atoms with Gasteiger partial charge in [0.25, 0.3) is 0 Å². The third kappa shape index (κ3) is 9.47. The Balaban J connectivity index is 1.46. The Morgan fingerprint density at radius 2 is 1.80 bits per heavy atom. The number of anilines is 1. The van der Waals surface area contributed by atoms with E-state index in [4.69, 9.17) is 14.7 Å². The van der Waals surface area contributed by atoms with Gasteiger partial charge in [-0.05, 0) is 104 Å². The number of rotatable bonds is 20. The lowest BCUT2D eigenvalue weighted by Crippen LogP contribution is -2.50. The maximum Gasteiger partial charge on any atom is 0.226 e. The van der Waals surface area contributed by atoms with Crippen molar-refractivity contribution in [1.29, 1.82) is 0 Å². The fraction of sp³-hybridized carbons (Fsp3) is 0.587. The van der Waals surface area contributed by atoms with Gasteiger partial charge in [-0.15, -0.1) is 11.3 Å². The number of amides is 1. The van der Waals surface area contributed by atoms with Crippen LogP contribution in [0.5, 0.6) is 5.75 Å². The van der Waals surface area contributed by atoms with Crippen LogP contribution in [0.3, 0.4) is 0 Å². The number of nitrogens with zero attached hydrogens (tertiary/aromatic N) is 2. The van der Waals surface area contributed by atoms with Crippen LogP contribution in [0.25, 0.3) is 22.0 Å². The number of unbranched alkanes of at least 4 members (excludes halogenated alkanes) is 5. The number of carbonyl (C=O) groups excluding carboxylic acids is 1. The number of nitrogens with one attached hydrogen (secondary N) is 3. The molecule has 2 aromatic heterocycles. The number of hydrogen-bond acceptors (Lipinski definition) is 7. The molecule has 0 spiro atoms. The lowest BCUT2D eigenvalue weighted by molar-refractivity contribution is -0.139. The van der Waals surface area contributed by atoms with Crippen LogP contribution in [0.1, 0.15) is 145 Å². The van der Waals surface area contributed by atoms with Crippen LogP contribution in [0.2, 0.25) is 0 Å². The smallest absolute Gasteiger partial charge is 0.226 e. The number of benzene rings is 2. The molecule has 1 saturated carbocycles. The SMILES string of the molecule is CCCCCCCCC(CC)C1CC(c2cc3c(N[C@H](C)c4cc(-c5ccccc5CNC)cs4)nc(C)nc3cc2OC)CCC1(CCC)C(=O)NC. The zero-order chi connectivity index (χ0) is 38.7. The Morgan fingerprint density at radius 3 is 2.52 bits per heavy atom. The highest BCUT2D eigenvalue weighted by molar-refractivity contribution is 7.10. The van der Waals surface area contributed by atoms with Crippen LogP contribution < -0.4 is 20.7 Å². The monoisotopic (exact) mass is 754 g/mol. The molecule has 2 heterocycles. The van der Waals surface area contributed by atoms with Gasteiger partial charge in [-0.3, -0.25) is 4.79 Å². The molecule has 0 saturated heterocycles. The lowest BCUT2D eigenvalue weighted by atomic mass is 9.55. The van der Waals surface area contributed by atoms with Crippen molar-refractivity contribution >= 4 is 34.0 Å². The average Bonchev–Trinajstić information content (AvgIpc) is 3.68. The molecule has 2 aromatic carbocycles. The van der Waals surface area contributed by atoms with E-state index in [1.807, 2.05) is 21.0 Å². The molecule has 294 valence electrons. The number of ether oxygens (including phenoxy) is 1. The number of aromatic nitrogens is 2. The molecule has 4 unspecified atom stereocenters. The zero-order valence-electron chi connectivity index (χ0n) is 34.4. The van der Waals surface area contributed by atoms with Crippen molar-refractivity contribution in [3.63, 3.8) is 0 Å². The highest BCUT2D eigenvalue weighted by Gasteiger charge is 2.50. The van der Waals surface area contributed by atoms with Gasteiger partial charge in [0.1, 0.15) is 17.4 Å². The van der Waals surface area contributed by atoms with Gasteiger partial charge in [-0.1, -0.05) is 103 Å². The van der Waals surface area contributed by atoms with E-state index in [9.17, 15) is 4.79 Å². The lowest BCUT2D eigenvalue weighted by Gasteiger charge is -2.49. The fourth-order valence-electron chi connectivity index (χ4n) is 9.51. The second-order valence-electron chi connectivity index (χ2n) is 15.8. The summed E-state index contributed by atoms with van der Waals surface area (Å²) in [5.74, 6) is 3.82. The van der Waals surface area contributed by atoms with Crippen LogP contribution in [-0.4, -0.2) is 37.1 Å². The summed E-state index contributed by atoms with van der Waals surface area (Å²) < 4.78 is 6.15. The van der Waals surface area contributed by atoms with Crippen molar-refractivity contribution in [2.24, 2.45) is 17.3 Å². The van der Waals surface area contributed by atoms with E-state index in [1.165, 1.54) is 72.1 Å². The van der Waals surface area contributed by atoms with E-state index < -0.39 is 0 Å². The van der Waals surface area contributed by atoms with Crippen LogP contribution in [0.15, 0.2) is 47.8 Å². The molecule has 1 fully saturated rings. The molecule has 0 bridgehead atoms. The van der Waals surface area contributed by atoms with E-state index in [-0.39, 0.29) is 23.3 Å². The molecule has 5 rings (SSSR count). The average molecular weight is 754 g/mol. The van der Waals surface area contributed by atoms with E-state index in [1.54, 1.807) is 18.4 Å². The van der Waals surface area contributed by atoms with Crippen LogP contribution in [0.4, 0.5) is 5.82 Å². The number of methoxy groups -OCH3 is 1. The maximum atomic E-state index is 14.0. The fourth-order valence-corrected chi connectivity index (χ4v) is 10.4. The Morgan fingerprint density at radius 1 is 1.02 bits per heavy atom. The van der Waals surface area contributed by atoms with Crippen LogP contribution in [0, 0.1) is 24.2 Å². The second kappa shape index (κ2) is 19.9. The third-order valence-electron chi connectivity index (χ3n) is 12.3. The van der Waals surface area contributed by atoms with Crippen LogP contribution in [-0.2, 0) is 11.3 Å². The first kappa shape index (κ1) is 41.7. The minimum Gasteiger partial charge on any atom is -0.496 e. The zero-order valence-corrected chi connectivity index (χ0v) is 35.3. The van der Waals surface area contributed by atoms with Crippen molar-refractivity contribution in [3.05, 3.63) is 69.7 Å². The number of aryl methyl sites for hydroxylation is 1. The maximum absolute atomic E-state index is 14.0. The molecule has 1 aliphatic rings. The summed E-state index contributed by atoms with van der Waals surface area (Å²) in [6.07, 6.45) is 14.9. The minimum atomic E-state index is -0.331. The normalized spacial score (nSPS) is 19.8. The molecule has 1 amide bonds. The summed E-state index contributed by atoms with van der Waals surface area (Å²) in [5.41, 5.74) is 5.58. The third-order valence-corrected chi connectivity index (χ3v) is 13.4. The first-order valence-electron chi connectivity index (χ1n) is 20.9. The number of hydrogen-bond donors (Lipinski definition) is 3. The van der Waals surface area contributed by atoms with Gasteiger partial charge in [-0.2, -0.15) is 0 Å². The first-order valence-corrected chi connectivity index (χ1v) is 21.8. The second-order valence-corrected chi connectivity index (χ2v) is 16.8. The summed E-state index contributed by atoms with van der Waals surface area (Å²) in [6, 6.07) is 15.4. The van der Waals surface area contributed by atoms with Crippen molar-refractivity contribution in [2.45, 2.75) is 137 Å². The van der Waals surface area contributed by atoms with Gasteiger partial charge in [0.05, 0.1) is 24.1 Å². The first-order chi connectivity index (χ1) is 26.2. The topological polar surface area (TPSA) is 88.2 Å². The van der Waals surface area contributed by atoms with Gasteiger partial charge in [0.2, 0.25) is 5.91 Å². The predicted octanol–water partition coefficient (Wildman–Crippen LogP) is 11.8. The number of thiophene rings is 1. The summed E-state index contributed by atoms with van der Waals surface area (Å²) in [5, 5.41) is 13.5. The van der Waals surface area contributed by atoms with Crippen molar-refractivity contribution in [1.82, 2.24) is 20.6 Å². The molecule has 5 atom stereocenters. The molecule has 3 N–H and O–H groups in total. The predicted molar refractivity (Wildman–Crippen MR) is 229 cm³/mol. The Bertz CT molecular complexity index is 1810. The molecule has 0 aliphatic heterocycles. The number of carbonyl (C=O) groups is 1. The van der Waals surface area contributed by atoms with Crippen molar-refractivity contribution in [2.75, 3.05) is 26.5 Å². The largest absolute Gasteiger partial charge is 0.496 e. The minimum absolute atomic E-state index is 0.0526.